The maximum atomic E-state index is 4.42. The van der Waals surface area contributed by atoms with Gasteiger partial charge in [0.25, 0.3) is 0 Å². The number of hydrogen-bond acceptors (Lipinski definition) is 3. The first-order valence-corrected chi connectivity index (χ1v) is 8.09. The van der Waals surface area contributed by atoms with Crippen LogP contribution in [0.3, 0.4) is 0 Å². The molecule has 1 heterocycles. The molecule has 2 rings (SSSR count). The third kappa shape index (κ3) is 4.61. The molecule has 4 heteroatoms. The van der Waals surface area contributed by atoms with E-state index in [9.17, 15) is 0 Å². The lowest BCUT2D eigenvalue weighted by Crippen LogP contribution is -2.35. The standard InChI is InChI=1S/C17H25N3S/c1-12-7-8-15(14(9-12)11-18-17(3,4)5)21-16-10-13(2)19-20(16)6/h7-10,18H,11H2,1-6H3. The van der Waals surface area contributed by atoms with Gasteiger partial charge in [0.1, 0.15) is 0 Å². The zero-order chi connectivity index (χ0) is 15.6. The van der Waals surface area contributed by atoms with Crippen molar-refractivity contribution in [3.63, 3.8) is 0 Å². The van der Waals surface area contributed by atoms with Gasteiger partial charge in [0.05, 0.1) is 10.7 Å². The van der Waals surface area contributed by atoms with Gasteiger partial charge in [-0.05, 0) is 52.3 Å². The summed E-state index contributed by atoms with van der Waals surface area (Å²) in [6, 6.07) is 8.78. The van der Waals surface area contributed by atoms with Gasteiger partial charge >= 0.3 is 0 Å². The molecule has 1 N–H and O–H groups in total. The molecule has 2 aromatic rings. The molecule has 0 aliphatic heterocycles. The van der Waals surface area contributed by atoms with Crippen LogP contribution in [0.4, 0.5) is 0 Å². The lowest BCUT2D eigenvalue weighted by Gasteiger charge is -2.22. The van der Waals surface area contributed by atoms with E-state index in [0.29, 0.717) is 0 Å². The topological polar surface area (TPSA) is 29.9 Å². The molecule has 0 atom stereocenters. The number of aryl methyl sites for hydroxylation is 3. The van der Waals surface area contributed by atoms with Gasteiger partial charge in [-0.1, -0.05) is 29.5 Å². The summed E-state index contributed by atoms with van der Waals surface area (Å²) < 4.78 is 1.95. The summed E-state index contributed by atoms with van der Waals surface area (Å²) >= 11 is 1.78. The highest BCUT2D eigenvalue weighted by Crippen LogP contribution is 2.31. The highest BCUT2D eigenvalue weighted by molar-refractivity contribution is 7.99. The van der Waals surface area contributed by atoms with Crippen LogP contribution in [-0.2, 0) is 13.6 Å². The fraction of sp³-hybridized carbons (Fsp3) is 0.471. The fourth-order valence-electron chi connectivity index (χ4n) is 2.10. The Morgan fingerprint density at radius 3 is 2.48 bits per heavy atom. The molecule has 0 saturated heterocycles. The fourth-order valence-corrected chi connectivity index (χ4v) is 3.13. The van der Waals surface area contributed by atoms with Crippen molar-refractivity contribution in [1.82, 2.24) is 15.1 Å². The zero-order valence-electron chi connectivity index (χ0n) is 13.8. The molecule has 0 fully saturated rings. The Labute approximate surface area is 132 Å². The van der Waals surface area contributed by atoms with E-state index in [1.54, 1.807) is 11.8 Å². The Hall–Kier alpha value is -1.26. The lowest BCUT2D eigenvalue weighted by atomic mass is 10.1. The maximum Gasteiger partial charge on any atom is 0.0987 e. The number of nitrogens with zero attached hydrogens (tertiary/aromatic N) is 2. The summed E-state index contributed by atoms with van der Waals surface area (Å²) in [6.07, 6.45) is 0. The van der Waals surface area contributed by atoms with Crippen LogP contribution < -0.4 is 5.32 Å². The minimum absolute atomic E-state index is 0.120. The highest BCUT2D eigenvalue weighted by Gasteiger charge is 2.12. The summed E-state index contributed by atoms with van der Waals surface area (Å²) in [4.78, 5) is 1.29. The second kappa shape index (κ2) is 6.24. The number of aromatic nitrogens is 2. The number of rotatable bonds is 4. The van der Waals surface area contributed by atoms with Crippen molar-refractivity contribution in [1.29, 1.82) is 0 Å². The van der Waals surface area contributed by atoms with Crippen LogP contribution in [0.2, 0.25) is 0 Å². The Bertz CT molecular complexity index is 623. The van der Waals surface area contributed by atoms with Crippen LogP contribution in [-0.4, -0.2) is 15.3 Å². The second-order valence-corrected chi connectivity index (χ2v) is 7.63. The Morgan fingerprint density at radius 2 is 1.90 bits per heavy atom. The van der Waals surface area contributed by atoms with Gasteiger partial charge in [-0.3, -0.25) is 4.68 Å². The molecule has 114 valence electrons. The molecule has 0 unspecified atom stereocenters. The van der Waals surface area contributed by atoms with E-state index in [-0.39, 0.29) is 5.54 Å². The molecule has 0 aliphatic carbocycles. The summed E-state index contributed by atoms with van der Waals surface area (Å²) in [6.45, 7) is 11.6. The smallest absolute Gasteiger partial charge is 0.0987 e. The van der Waals surface area contributed by atoms with Gasteiger partial charge in [-0.25, -0.2) is 0 Å². The van der Waals surface area contributed by atoms with Gasteiger partial charge in [-0.2, -0.15) is 5.10 Å². The van der Waals surface area contributed by atoms with E-state index in [0.717, 1.165) is 12.2 Å². The second-order valence-electron chi connectivity index (χ2n) is 6.56. The van der Waals surface area contributed by atoms with Gasteiger partial charge in [-0.15, -0.1) is 0 Å². The van der Waals surface area contributed by atoms with Crippen molar-refractivity contribution in [2.75, 3.05) is 0 Å². The van der Waals surface area contributed by atoms with Crippen molar-refractivity contribution in [3.8, 4) is 0 Å². The van der Waals surface area contributed by atoms with E-state index in [4.69, 9.17) is 0 Å². The molecular weight excluding hydrogens is 278 g/mol. The Kier molecular flexibility index (Phi) is 4.79. The largest absolute Gasteiger partial charge is 0.308 e. The van der Waals surface area contributed by atoms with Crippen LogP contribution >= 0.6 is 11.8 Å². The molecule has 3 nitrogen and oxygen atoms in total. The summed E-state index contributed by atoms with van der Waals surface area (Å²) in [7, 11) is 2.00. The first-order chi connectivity index (χ1) is 9.74. The van der Waals surface area contributed by atoms with E-state index in [1.807, 2.05) is 18.7 Å². The maximum absolute atomic E-state index is 4.42. The Balaban J connectivity index is 2.24. The predicted octanol–water partition coefficient (Wildman–Crippen LogP) is 4.08. The quantitative estimate of drug-likeness (QED) is 0.923. The van der Waals surface area contributed by atoms with Crippen LogP contribution in [0.25, 0.3) is 0 Å². The van der Waals surface area contributed by atoms with E-state index < -0.39 is 0 Å². The normalized spacial score (nSPS) is 11.9. The minimum Gasteiger partial charge on any atom is -0.308 e. The van der Waals surface area contributed by atoms with Crippen LogP contribution in [0.1, 0.15) is 37.6 Å². The first-order valence-electron chi connectivity index (χ1n) is 7.28. The SMILES string of the molecule is Cc1ccc(Sc2cc(C)nn2C)c(CNC(C)(C)C)c1. The molecule has 0 amide bonds. The van der Waals surface area contributed by atoms with Gasteiger partial charge in [0.2, 0.25) is 0 Å². The summed E-state index contributed by atoms with van der Waals surface area (Å²) in [5.74, 6) is 0. The van der Waals surface area contributed by atoms with Crippen LogP contribution in [0, 0.1) is 13.8 Å². The monoisotopic (exact) mass is 303 g/mol. The molecule has 0 aliphatic rings. The number of hydrogen-bond donors (Lipinski definition) is 1. The number of nitrogens with one attached hydrogen (secondary N) is 1. The van der Waals surface area contributed by atoms with Crippen LogP contribution in [0.15, 0.2) is 34.2 Å². The van der Waals surface area contributed by atoms with E-state index in [2.05, 4.69) is 62.4 Å². The summed E-state index contributed by atoms with van der Waals surface area (Å²) in [5, 5.41) is 9.17. The van der Waals surface area contributed by atoms with E-state index >= 15 is 0 Å². The van der Waals surface area contributed by atoms with Crippen molar-refractivity contribution in [2.45, 2.75) is 56.6 Å². The first kappa shape index (κ1) is 16.1. The Morgan fingerprint density at radius 1 is 1.19 bits per heavy atom. The molecule has 0 radical (unpaired) electrons. The van der Waals surface area contributed by atoms with Crippen molar-refractivity contribution in [3.05, 3.63) is 41.1 Å². The van der Waals surface area contributed by atoms with Crippen LogP contribution in [0.5, 0.6) is 0 Å². The molecular formula is C17H25N3S. The molecule has 0 saturated carbocycles. The van der Waals surface area contributed by atoms with Crippen molar-refractivity contribution < 1.29 is 0 Å². The predicted molar refractivity (Wildman–Crippen MR) is 89.8 cm³/mol. The van der Waals surface area contributed by atoms with Crippen molar-refractivity contribution in [2.24, 2.45) is 7.05 Å². The minimum atomic E-state index is 0.120. The molecule has 0 bridgehead atoms. The third-order valence-corrected chi connectivity index (χ3v) is 4.41. The number of benzene rings is 1. The summed E-state index contributed by atoms with van der Waals surface area (Å²) in [5.41, 5.74) is 3.82. The molecule has 1 aromatic heterocycles. The molecule has 0 spiro atoms. The lowest BCUT2D eigenvalue weighted by molar-refractivity contribution is 0.422. The van der Waals surface area contributed by atoms with E-state index in [1.165, 1.54) is 21.0 Å². The zero-order valence-corrected chi connectivity index (χ0v) is 14.6. The van der Waals surface area contributed by atoms with Gasteiger partial charge in [0, 0.05) is 24.0 Å². The average molecular weight is 303 g/mol. The van der Waals surface area contributed by atoms with Crippen molar-refractivity contribution >= 4 is 11.8 Å². The van der Waals surface area contributed by atoms with Gasteiger partial charge < -0.3 is 5.32 Å². The third-order valence-electron chi connectivity index (χ3n) is 3.20. The molecule has 21 heavy (non-hydrogen) atoms. The highest BCUT2D eigenvalue weighted by atomic mass is 32.2. The van der Waals surface area contributed by atoms with Gasteiger partial charge in [0.15, 0.2) is 0 Å². The average Bonchev–Trinajstić information content (AvgIpc) is 2.67. The molecule has 1 aromatic carbocycles.